The number of fused-ring (bicyclic) bond motifs is 1. The van der Waals surface area contributed by atoms with Crippen molar-refractivity contribution in [3.05, 3.63) is 29.3 Å². The molecule has 0 unspecified atom stereocenters. The van der Waals surface area contributed by atoms with Gasteiger partial charge in [0.2, 0.25) is 0 Å². The van der Waals surface area contributed by atoms with Gasteiger partial charge in [0, 0.05) is 19.6 Å². The number of rotatable bonds is 5. The highest BCUT2D eigenvalue weighted by molar-refractivity contribution is 5.67. The molecule has 0 aromatic heterocycles. The SMILES string of the molecule is CC(C)(C)OC(=O)NCCCOc1ccc2c(c1)CNC2. The molecule has 1 aliphatic heterocycles. The number of carbonyl (C=O) groups excluding carboxylic acids is 1. The predicted molar refractivity (Wildman–Crippen MR) is 81.3 cm³/mol. The third-order valence-electron chi connectivity index (χ3n) is 3.07. The number of hydrogen-bond donors (Lipinski definition) is 2. The first kappa shape index (κ1) is 15.6. The topological polar surface area (TPSA) is 59.6 Å². The van der Waals surface area contributed by atoms with Gasteiger partial charge < -0.3 is 20.1 Å². The van der Waals surface area contributed by atoms with E-state index in [1.54, 1.807) is 0 Å². The summed E-state index contributed by atoms with van der Waals surface area (Å²) in [6, 6.07) is 6.17. The van der Waals surface area contributed by atoms with E-state index in [2.05, 4.69) is 22.8 Å². The van der Waals surface area contributed by atoms with Gasteiger partial charge in [0.25, 0.3) is 0 Å². The van der Waals surface area contributed by atoms with Crippen molar-refractivity contribution in [1.82, 2.24) is 10.6 Å². The van der Waals surface area contributed by atoms with Crippen molar-refractivity contribution in [2.24, 2.45) is 0 Å². The lowest BCUT2D eigenvalue weighted by molar-refractivity contribution is 0.0525. The minimum atomic E-state index is -0.459. The summed E-state index contributed by atoms with van der Waals surface area (Å²) in [6.07, 6.45) is 0.361. The van der Waals surface area contributed by atoms with Crippen molar-refractivity contribution in [2.75, 3.05) is 13.2 Å². The summed E-state index contributed by atoms with van der Waals surface area (Å²) >= 11 is 0. The third kappa shape index (κ3) is 5.27. The lowest BCUT2D eigenvalue weighted by atomic mass is 10.1. The fraction of sp³-hybridized carbons (Fsp3) is 0.562. The van der Waals surface area contributed by atoms with E-state index in [1.807, 2.05) is 26.8 Å². The Morgan fingerprint density at radius 2 is 2.05 bits per heavy atom. The van der Waals surface area contributed by atoms with Gasteiger partial charge >= 0.3 is 6.09 Å². The summed E-state index contributed by atoms with van der Waals surface area (Å²) < 4.78 is 10.8. The Balaban J connectivity index is 1.63. The summed E-state index contributed by atoms with van der Waals surface area (Å²) in [6.45, 7) is 8.50. The summed E-state index contributed by atoms with van der Waals surface area (Å²) in [7, 11) is 0. The first-order valence-corrected chi connectivity index (χ1v) is 7.36. The molecular formula is C16H24N2O3. The summed E-state index contributed by atoms with van der Waals surface area (Å²) in [5, 5.41) is 6.02. The van der Waals surface area contributed by atoms with E-state index in [0.717, 1.165) is 25.3 Å². The Morgan fingerprint density at radius 3 is 2.81 bits per heavy atom. The van der Waals surface area contributed by atoms with Crippen molar-refractivity contribution >= 4 is 6.09 Å². The molecular weight excluding hydrogens is 268 g/mol. The van der Waals surface area contributed by atoms with E-state index in [0.29, 0.717) is 13.2 Å². The maximum absolute atomic E-state index is 11.4. The van der Waals surface area contributed by atoms with Crippen LogP contribution in [0.3, 0.4) is 0 Å². The van der Waals surface area contributed by atoms with Crippen molar-refractivity contribution in [1.29, 1.82) is 0 Å². The second kappa shape index (κ2) is 6.80. The van der Waals surface area contributed by atoms with Gasteiger partial charge in [-0.2, -0.15) is 0 Å². The zero-order valence-electron chi connectivity index (χ0n) is 13.0. The molecule has 0 atom stereocenters. The largest absolute Gasteiger partial charge is 0.494 e. The van der Waals surface area contributed by atoms with E-state index in [9.17, 15) is 4.79 Å². The van der Waals surface area contributed by atoms with Gasteiger partial charge in [-0.1, -0.05) is 6.07 Å². The van der Waals surface area contributed by atoms with Crippen LogP contribution in [0.5, 0.6) is 5.75 Å². The molecule has 1 heterocycles. The third-order valence-corrected chi connectivity index (χ3v) is 3.07. The fourth-order valence-corrected chi connectivity index (χ4v) is 2.13. The van der Waals surface area contributed by atoms with E-state index in [1.165, 1.54) is 11.1 Å². The molecule has 0 radical (unpaired) electrons. The van der Waals surface area contributed by atoms with E-state index < -0.39 is 5.60 Å². The molecule has 2 rings (SSSR count). The normalized spacial score (nSPS) is 13.7. The second-order valence-electron chi connectivity index (χ2n) is 6.16. The Labute approximate surface area is 126 Å². The molecule has 0 spiro atoms. The average molecular weight is 292 g/mol. The molecule has 0 aliphatic carbocycles. The van der Waals surface area contributed by atoms with Crippen molar-refractivity contribution in [3.63, 3.8) is 0 Å². The predicted octanol–water partition coefficient (Wildman–Crippen LogP) is 2.58. The first-order valence-electron chi connectivity index (χ1n) is 7.36. The fourth-order valence-electron chi connectivity index (χ4n) is 2.13. The molecule has 5 heteroatoms. The Hall–Kier alpha value is -1.75. The highest BCUT2D eigenvalue weighted by Crippen LogP contribution is 2.21. The monoisotopic (exact) mass is 292 g/mol. The van der Waals surface area contributed by atoms with Gasteiger partial charge in [-0.15, -0.1) is 0 Å². The number of alkyl carbamates (subject to hydrolysis) is 1. The molecule has 0 fully saturated rings. The summed E-state index contributed by atoms with van der Waals surface area (Å²) in [5.74, 6) is 0.884. The van der Waals surface area contributed by atoms with Crippen molar-refractivity contribution in [2.45, 2.75) is 45.9 Å². The van der Waals surface area contributed by atoms with Crippen LogP contribution in [-0.4, -0.2) is 24.8 Å². The molecule has 0 bridgehead atoms. The number of benzene rings is 1. The van der Waals surface area contributed by atoms with Gasteiger partial charge in [-0.3, -0.25) is 0 Å². The molecule has 21 heavy (non-hydrogen) atoms. The van der Waals surface area contributed by atoms with E-state index in [-0.39, 0.29) is 6.09 Å². The van der Waals surface area contributed by atoms with Gasteiger partial charge in [-0.25, -0.2) is 4.79 Å². The lowest BCUT2D eigenvalue weighted by Crippen LogP contribution is -2.33. The smallest absolute Gasteiger partial charge is 0.407 e. The molecule has 1 aromatic rings. The highest BCUT2D eigenvalue weighted by Gasteiger charge is 2.15. The van der Waals surface area contributed by atoms with Crippen LogP contribution in [0, 0.1) is 0 Å². The Bertz CT molecular complexity index is 495. The maximum atomic E-state index is 11.4. The number of carbonyl (C=O) groups is 1. The standard InChI is InChI=1S/C16H24N2O3/c1-16(2,3)21-15(19)18-7-4-8-20-14-6-5-12-10-17-11-13(12)9-14/h5-6,9,17H,4,7-8,10-11H2,1-3H3,(H,18,19). The number of amides is 1. The van der Waals surface area contributed by atoms with Gasteiger partial charge in [0.1, 0.15) is 11.4 Å². The minimum Gasteiger partial charge on any atom is -0.494 e. The molecule has 116 valence electrons. The molecule has 0 saturated carbocycles. The first-order chi connectivity index (χ1) is 9.94. The Morgan fingerprint density at radius 1 is 1.29 bits per heavy atom. The Kier molecular flexibility index (Phi) is 5.07. The highest BCUT2D eigenvalue weighted by atomic mass is 16.6. The van der Waals surface area contributed by atoms with Crippen LogP contribution < -0.4 is 15.4 Å². The molecule has 2 N–H and O–H groups in total. The number of hydrogen-bond acceptors (Lipinski definition) is 4. The van der Waals surface area contributed by atoms with Crippen LogP contribution >= 0.6 is 0 Å². The van der Waals surface area contributed by atoms with Crippen LogP contribution in [0.1, 0.15) is 38.3 Å². The number of ether oxygens (including phenoxy) is 2. The quantitative estimate of drug-likeness (QED) is 0.819. The van der Waals surface area contributed by atoms with Crippen LogP contribution in [0.25, 0.3) is 0 Å². The molecule has 1 aromatic carbocycles. The van der Waals surface area contributed by atoms with Crippen molar-refractivity contribution < 1.29 is 14.3 Å². The van der Waals surface area contributed by atoms with Crippen molar-refractivity contribution in [3.8, 4) is 5.75 Å². The molecule has 5 nitrogen and oxygen atoms in total. The lowest BCUT2D eigenvalue weighted by Gasteiger charge is -2.19. The van der Waals surface area contributed by atoms with E-state index >= 15 is 0 Å². The van der Waals surface area contributed by atoms with Crippen LogP contribution in [0.4, 0.5) is 4.79 Å². The van der Waals surface area contributed by atoms with Crippen LogP contribution in [0.2, 0.25) is 0 Å². The zero-order valence-corrected chi connectivity index (χ0v) is 13.0. The van der Waals surface area contributed by atoms with E-state index in [4.69, 9.17) is 9.47 Å². The van der Waals surface area contributed by atoms with Gasteiger partial charge in [0.15, 0.2) is 0 Å². The maximum Gasteiger partial charge on any atom is 0.407 e. The minimum absolute atomic E-state index is 0.383. The summed E-state index contributed by atoms with van der Waals surface area (Å²) in [4.78, 5) is 11.4. The zero-order chi connectivity index (χ0) is 15.3. The van der Waals surface area contributed by atoms with Crippen LogP contribution in [-0.2, 0) is 17.8 Å². The van der Waals surface area contributed by atoms with Crippen LogP contribution in [0.15, 0.2) is 18.2 Å². The number of nitrogens with one attached hydrogen (secondary N) is 2. The second-order valence-corrected chi connectivity index (χ2v) is 6.16. The van der Waals surface area contributed by atoms with Gasteiger partial charge in [-0.05, 0) is 50.5 Å². The molecule has 1 amide bonds. The average Bonchev–Trinajstić information content (AvgIpc) is 2.83. The summed E-state index contributed by atoms with van der Waals surface area (Å²) in [5.41, 5.74) is 2.19. The van der Waals surface area contributed by atoms with Gasteiger partial charge in [0.05, 0.1) is 6.61 Å². The molecule has 0 saturated heterocycles. The molecule has 1 aliphatic rings.